The van der Waals surface area contributed by atoms with Crippen molar-refractivity contribution in [3.8, 4) is 0 Å². The lowest BCUT2D eigenvalue weighted by Gasteiger charge is -2.31. The molecule has 5 heteroatoms. The number of aromatic amines is 1. The SMILES string of the molecule is Cc1[nH]c(C2CSCCN2C)nc(=S)c1C. The molecule has 1 atom stereocenters. The molecule has 1 N–H and O–H groups in total. The third-order valence-corrected chi connectivity index (χ3v) is 4.55. The zero-order chi connectivity index (χ0) is 11.7. The standard InChI is InChI=1S/C11H17N3S2/c1-7-8(2)12-10(13-11(7)15)9-6-16-5-4-14(9)3/h9H,4-6H2,1-3H3,(H,12,13,15). The highest BCUT2D eigenvalue weighted by Gasteiger charge is 2.23. The molecule has 88 valence electrons. The lowest BCUT2D eigenvalue weighted by molar-refractivity contribution is 0.264. The Morgan fingerprint density at radius 3 is 2.88 bits per heavy atom. The van der Waals surface area contributed by atoms with Crippen LogP contribution in [0.15, 0.2) is 0 Å². The number of aryl methyl sites for hydroxylation is 1. The van der Waals surface area contributed by atoms with E-state index in [1.165, 1.54) is 5.75 Å². The van der Waals surface area contributed by atoms with Crippen molar-refractivity contribution >= 4 is 24.0 Å². The smallest absolute Gasteiger partial charge is 0.132 e. The fourth-order valence-corrected chi connectivity index (χ4v) is 3.27. The van der Waals surface area contributed by atoms with E-state index in [9.17, 15) is 0 Å². The van der Waals surface area contributed by atoms with Crippen molar-refractivity contribution in [2.45, 2.75) is 19.9 Å². The molecule has 0 aromatic carbocycles. The highest BCUT2D eigenvalue weighted by Crippen LogP contribution is 2.26. The average Bonchev–Trinajstić information content (AvgIpc) is 2.26. The van der Waals surface area contributed by atoms with Crippen molar-refractivity contribution in [2.24, 2.45) is 0 Å². The first-order valence-electron chi connectivity index (χ1n) is 5.45. The van der Waals surface area contributed by atoms with E-state index >= 15 is 0 Å². The van der Waals surface area contributed by atoms with Crippen LogP contribution in [-0.4, -0.2) is 40.0 Å². The molecule has 3 nitrogen and oxygen atoms in total. The maximum atomic E-state index is 5.28. The van der Waals surface area contributed by atoms with Gasteiger partial charge in [0, 0.05) is 29.3 Å². The van der Waals surface area contributed by atoms with Gasteiger partial charge in [0.05, 0.1) is 6.04 Å². The van der Waals surface area contributed by atoms with E-state index in [2.05, 4.69) is 28.8 Å². The Labute approximate surface area is 106 Å². The Bertz CT molecular complexity index is 441. The zero-order valence-corrected chi connectivity index (χ0v) is 11.5. The maximum absolute atomic E-state index is 5.28. The molecule has 2 rings (SSSR count). The van der Waals surface area contributed by atoms with E-state index in [0.29, 0.717) is 6.04 Å². The van der Waals surface area contributed by atoms with Crippen molar-refractivity contribution in [3.05, 3.63) is 21.7 Å². The van der Waals surface area contributed by atoms with E-state index in [0.717, 1.165) is 34.0 Å². The number of hydrogen-bond acceptors (Lipinski definition) is 4. The van der Waals surface area contributed by atoms with Gasteiger partial charge in [0.1, 0.15) is 10.5 Å². The largest absolute Gasteiger partial charge is 0.346 e. The fraction of sp³-hybridized carbons (Fsp3) is 0.636. The number of H-pyrrole nitrogens is 1. The second-order valence-electron chi connectivity index (χ2n) is 4.25. The van der Waals surface area contributed by atoms with Crippen LogP contribution in [0, 0.1) is 18.5 Å². The second-order valence-corrected chi connectivity index (χ2v) is 5.79. The van der Waals surface area contributed by atoms with Gasteiger partial charge in [-0.25, -0.2) is 4.98 Å². The molecule has 1 fully saturated rings. The third-order valence-electron chi connectivity index (χ3n) is 3.13. The summed E-state index contributed by atoms with van der Waals surface area (Å²) in [5, 5.41) is 0. The van der Waals surface area contributed by atoms with Gasteiger partial charge in [-0.2, -0.15) is 11.8 Å². The number of rotatable bonds is 1. The number of nitrogens with one attached hydrogen (secondary N) is 1. The first-order chi connectivity index (χ1) is 7.59. The Morgan fingerprint density at radius 2 is 2.25 bits per heavy atom. The molecule has 16 heavy (non-hydrogen) atoms. The summed E-state index contributed by atoms with van der Waals surface area (Å²) in [6.45, 7) is 5.20. The monoisotopic (exact) mass is 255 g/mol. The molecule has 0 spiro atoms. The Balaban J connectivity index is 2.36. The van der Waals surface area contributed by atoms with Crippen LogP contribution in [0.4, 0.5) is 0 Å². The molecule has 0 bridgehead atoms. The van der Waals surface area contributed by atoms with Crippen molar-refractivity contribution < 1.29 is 0 Å². The van der Waals surface area contributed by atoms with Crippen LogP contribution in [0.2, 0.25) is 0 Å². The van der Waals surface area contributed by atoms with Crippen LogP contribution in [0.25, 0.3) is 0 Å². The summed E-state index contributed by atoms with van der Waals surface area (Å²) in [5.74, 6) is 3.32. The molecular weight excluding hydrogens is 238 g/mol. The number of nitrogens with zero attached hydrogens (tertiary/aromatic N) is 2. The van der Waals surface area contributed by atoms with Crippen LogP contribution in [0.1, 0.15) is 23.1 Å². The van der Waals surface area contributed by atoms with Crippen molar-refractivity contribution in [3.63, 3.8) is 0 Å². The summed E-state index contributed by atoms with van der Waals surface area (Å²) in [6, 6.07) is 0.375. The van der Waals surface area contributed by atoms with Crippen LogP contribution < -0.4 is 0 Å². The van der Waals surface area contributed by atoms with E-state index in [4.69, 9.17) is 12.2 Å². The predicted octanol–water partition coefficient (Wildman–Crippen LogP) is 2.48. The van der Waals surface area contributed by atoms with Crippen molar-refractivity contribution in [2.75, 3.05) is 25.1 Å². The summed E-state index contributed by atoms with van der Waals surface area (Å²) in [6.07, 6.45) is 0. The van der Waals surface area contributed by atoms with Gasteiger partial charge in [-0.3, -0.25) is 4.90 Å². The van der Waals surface area contributed by atoms with Gasteiger partial charge in [0.25, 0.3) is 0 Å². The Morgan fingerprint density at radius 1 is 1.50 bits per heavy atom. The number of hydrogen-bond donors (Lipinski definition) is 1. The lowest BCUT2D eigenvalue weighted by atomic mass is 10.2. The van der Waals surface area contributed by atoms with Crippen LogP contribution in [0.3, 0.4) is 0 Å². The Hall–Kier alpha value is -0.390. The summed E-state index contributed by atoms with van der Waals surface area (Å²) >= 11 is 7.26. The number of aromatic nitrogens is 2. The molecular formula is C11H17N3S2. The van der Waals surface area contributed by atoms with Gasteiger partial charge in [0.15, 0.2) is 0 Å². The van der Waals surface area contributed by atoms with E-state index in [1.807, 2.05) is 18.7 Å². The highest BCUT2D eigenvalue weighted by atomic mass is 32.2. The second kappa shape index (κ2) is 4.85. The molecule has 1 unspecified atom stereocenters. The molecule has 1 aromatic rings. The molecule has 1 saturated heterocycles. The zero-order valence-electron chi connectivity index (χ0n) is 9.91. The lowest BCUT2D eigenvalue weighted by Crippen LogP contribution is -2.34. The van der Waals surface area contributed by atoms with Crippen molar-refractivity contribution in [1.82, 2.24) is 14.9 Å². The maximum Gasteiger partial charge on any atom is 0.132 e. The van der Waals surface area contributed by atoms with Gasteiger partial charge in [-0.05, 0) is 20.9 Å². The molecule has 0 aliphatic carbocycles. The number of thioether (sulfide) groups is 1. The van der Waals surface area contributed by atoms with Gasteiger partial charge < -0.3 is 4.98 Å². The molecule has 1 aromatic heterocycles. The summed E-state index contributed by atoms with van der Waals surface area (Å²) in [5.41, 5.74) is 2.23. The fourth-order valence-electron chi connectivity index (χ4n) is 1.80. The van der Waals surface area contributed by atoms with Gasteiger partial charge in [-0.15, -0.1) is 0 Å². The molecule has 0 radical (unpaired) electrons. The quantitative estimate of drug-likeness (QED) is 0.781. The first kappa shape index (κ1) is 12.1. The van der Waals surface area contributed by atoms with Crippen LogP contribution in [-0.2, 0) is 0 Å². The minimum Gasteiger partial charge on any atom is -0.346 e. The molecule has 1 aliphatic heterocycles. The van der Waals surface area contributed by atoms with Gasteiger partial charge >= 0.3 is 0 Å². The van der Waals surface area contributed by atoms with E-state index in [-0.39, 0.29) is 0 Å². The highest BCUT2D eigenvalue weighted by molar-refractivity contribution is 7.99. The van der Waals surface area contributed by atoms with Gasteiger partial charge in [0.2, 0.25) is 0 Å². The summed E-state index contributed by atoms with van der Waals surface area (Å²) in [4.78, 5) is 10.2. The normalized spacial score (nSPS) is 22.3. The molecule has 1 aliphatic rings. The molecule has 0 amide bonds. The predicted molar refractivity (Wildman–Crippen MR) is 71.6 cm³/mol. The van der Waals surface area contributed by atoms with Gasteiger partial charge in [-0.1, -0.05) is 12.2 Å². The van der Waals surface area contributed by atoms with Crippen molar-refractivity contribution in [1.29, 1.82) is 0 Å². The van der Waals surface area contributed by atoms with E-state index < -0.39 is 0 Å². The summed E-state index contributed by atoms with van der Waals surface area (Å²) in [7, 11) is 2.15. The van der Waals surface area contributed by atoms with Crippen LogP contribution in [0.5, 0.6) is 0 Å². The minimum absolute atomic E-state index is 0.375. The molecule has 2 heterocycles. The Kier molecular flexibility index (Phi) is 3.66. The first-order valence-corrected chi connectivity index (χ1v) is 7.01. The van der Waals surface area contributed by atoms with Crippen LogP contribution >= 0.6 is 24.0 Å². The topological polar surface area (TPSA) is 31.9 Å². The summed E-state index contributed by atoms with van der Waals surface area (Å²) < 4.78 is 0.732. The molecule has 0 saturated carbocycles. The minimum atomic E-state index is 0.375. The average molecular weight is 255 g/mol. The third kappa shape index (κ3) is 2.31. The van der Waals surface area contributed by atoms with E-state index in [1.54, 1.807) is 0 Å².